The van der Waals surface area contributed by atoms with Gasteiger partial charge in [-0.3, -0.25) is 4.52 Å². The molecule has 0 saturated heterocycles. The standard InChI is InChI=1S/C10H12O3.H3NP2/c1-2-7-13-9-6-4-3-5-8(9)10(11)12;2-1-3/h3-6H,2,7H2,1H3,(H,11,12);2H,3H2. The van der Waals surface area contributed by atoms with E-state index in [4.69, 9.17) is 9.84 Å². The Morgan fingerprint density at radius 2 is 2.12 bits per heavy atom. The summed E-state index contributed by atoms with van der Waals surface area (Å²) < 4.78 is 8.49. The van der Waals surface area contributed by atoms with E-state index in [9.17, 15) is 4.79 Å². The van der Waals surface area contributed by atoms with Gasteiger partial charge in [0.15, 0.2) is 0 Å². The lowest BCUT2D eigenvalue weighted by Crippen LogP contribution is -2.03. The predicted octanol–water partition coefficient (Wildman–Crippen LogP) is 3.28. The third-order valence-electron chi connectivity index (χ3n) is 1.58. The minimum absolute atomic E-state index is 0.218. The highest BCUT2D eigenvalue weighted by Gasteiger charge is 2.08. The second-order valence-electron chi connectivity index (χ2n) is 2.78. The third kappa shape index (κ3) is 5.79. The largest absolute Gasteiger partial charge is 0.493 e. The van der Waals surface area contributed by atoms with Gasteiger partial charge in [0.05, 0.1) is 6.61 Å². The minimum Gasteiger partial charge on any atom is -0.493 e. The number of hydrogen-bond acceptors (Lipinski definition) is 3. The lowest BCUT2D eigenvalue weighted by Gasteiger charge is -2.06. The minimum atomic E-state index is -0.952. The maximum atomic E-state index is 10.7. The zero-order valence-corrected chi connectivity index (χ0v) is 11.2. The molecule has 6 heteroatoms. The van der Waals surface area contributed by atoms with Crippen molar-refractivity contribution >= 4 is 24.4 Å². The van der Waals surface area contributed by atoms with Crippen molar-refractivity contribution in [2.75, 3.05) is 6.61 Å². The van der Waals surface area contributed by atoms with E-state index in [1.54, 1.807) is 18.2 Å². The van der Waals surface area contributed by atoms with E-state index < -0.39 is 5.97 Å². The van der Waals surface area contributed by atoms with Crippen LogP contribution in [-0.2, 0) is 0 Å². The summed E-state index contributed by atoms with van der Waals surface area (Å²) in [7, 11) is 4.89. The molecule has 4 nitrogen and oxygen atoms in total. The molecule has 1 aromatic carbocycles. The van der Waals surface area contributed by atoms with Crippen molar-refractivity contribution in [2.45, 2.75) is 13.3 Å². The number of carboxylic acid groups (broad SMARTS) is 1. The first-order valence-electron chi connectivity index (χ1n) is 4.69. The van der Waals surface area contributed by atoms with Crippen LogP contribution in [0.4, 0.5) is 0 Å². The number of hydrogen-bond donors (Lipinski definition) is 1. The van der Waals surface area contributed by atoms with Crippen LogP contribution in [0.2, 0.25) is 0 Å². The lowest BCUT2D eigenvalue weighted by atomic mass is 10.2. The molecule has 0 spiro atoms. The third-order valence-corrected chi connectivity index (χ3v) is 1.58. The van der Waals surface area contributed by atoms with Crippen molar-refractivity contribution in [3.8, 4) is 5.75 Å². The van der Waals surface area contributed by atoms with Gasteiger partial charge in [0.1, 0.15) is 11.3 Å². The van der Waals surface area contributed by atoms with Crippen molar-refractivity contribution in [2.24, 2.45) is 4.52 Å². The molecule has 1 atom stereocenters. The molecule has 16 heavy (non-hydrogen) atoms. The normalized spacial score (nSPS) is 8.62. The number of ether oxygens (including phenoxy) is 1. The number of para-hydroxylation sites is 1. The Morgan fingerprint density at radius 1 is 1.56 bits per heavy atom. The molecule has 0 aliphatic rings. The number of rotatable bonds is 4. The summed E-state index contributed by atoms with van der Waals surface area (Å²) in [6.45, 7) is 2.52. The van der Waals surface area contributed by atoms with E-state index in [0.717, 1.165) is 6.42 Å². The van der Waals surface area contributed by atoms with Crippen molar-refractivity contribution in [1.29, 1.82) is 0 Å². The van der Waals surface area contributed by atoms with Crippen molar-refractivity contribution in [1.82, 2.24) is 0 Å². The van der Waals surface area contributed by atoms with Gasteiger partial charge in [-0.15, -0.1) is 0 Å². The summed E-state index contributed by atoms with van der Waals surface area (Å²) in [5.74, 6) is -0.511. The Hall–Kier alpha value is -0.980. The highest BCUT2D eigenvalue weighted by atomic mass is 31.1. The number of benzene rings is 1. The first-order chi connectivity index (χ1) is 7.67. The van der Waals surface area contributed by atoms with Crippen molar-refractivity contribution < 1.29 is 14.6 Å². The van der Waals surface area contributed by atoms with Crippen LogP contribution in [0, 0.1) is 0 Å². The highest BCUT2D eigenvalue weighted by molar-refractivity contribution is 7.23. The van der Waals surface area contributed by atoms with E-state index in [-0.39, 0.29) is 5.56 Å². The molecule has 0 fully saturated rings. The molecule has 0 aliphatic carbocycles. The van der Waals surface area contributed by atoms with E-state index in [1.807, 2.05) is 6.92 Å². The Morgan fingerprint density at radius 3 is 2.62 bits per heavy atom. The van der Waals surface area contributed by atoms with Gasteiger partial charge in [-0.1, -0.05) is 19.1 Å². The molecule has 0 radical (unpaired) electrons. The molecule has 0 saturated carbocycles. The van der Waals surface area contributed by atoms with Crippen LogP contribution in [0.1, 0.15) is 23.7 Å². The van der Waals surface area contributed by atoms with Crippen LogP contribution < -0.4 is 4.74 Å². The topological polar surface area (TPSA) is 58.9 Å². The van der Waals surface area contributed by atoms with Crippen molar-refractivity contribution in [3.63, 3.8) is 0 Å². The Balaban J connectivity index is 0.000000673. The smallest absolute Gasteiger partial charge is 0.339 e. The van der Waals surface area contributed by atoms with Crippen LogP contribution in [0.3, 0.4) is 0 Å². The molecule has 1 N–H and O–H groups in total. The lowest BCUT2D eigenvalue weighted by molar-refractivity contribution is 0.0692. The average Bonchev–Trinajstić information content (AvgIpc) is 2.27. The van der Waals surface area contributed by atoms with Crippen LogP contribution in [0.5, 0.6) is 5.75 Å². The SMILES string of the molecule is CCCOc1ccccc1C(=O)O.P=NP. The molecule has 0 aliphatic heterocycles. The summed E-state index contributed by atoms with van der Waals surface area (Å²) in [6, 6.07) is 6.64. The molecule has 0 aromatic heterocycles. The summed E-state index contributed by atoms with van der Waals surface area (Å²) >= 11 is 0. The molecule has 1 rings (SSSR count). The zero-order chi connectivity index (χ0) is 12.4. The molecule has 0 bridgehead atoms. The van der Waals surface area contributed by atoms with Gasteiger partial charge >= 0.3 is 5.97 Å². The van der Waals surface area contributed by atoms with Gasteiger partial charge in [-0.05, 0) is 37.0 Å². The summed E-state index contributed by atoms with van der Waals surface area (Å²) in [5.41, 5.74) is 0.218. The van der Waals surface area contributed by atoms with Gasteiger partial charge in [-0.25, -0.2) is 4.79 Å². The van der Waals surface area contributed by atoms with Crippen LogP contribution in [0.25, 0.3) is 0 Å². The second kappa shape index (κ2) is 9.26. The second-order valence-corrected chi connectivity index (χ2v) is 3.81. The van der Waals surface area contributed by atoms with Crippen LogP contribution in [0.15, 0.2) is 28.8 Å². The fourth-order valence-electron chi connectivity index (χ4n) is 0.981. The maximum absolute atomic E-state index is 10.7. The molecule has 88 valence electrons. The Kier molecular flexibility index (Phi) is 8.69. The monoisotopic (exact) mass is 259 g/mol. The van der Waals surface area contributed by atoms with Gasteiger partial charge in [0.2, 0.25) is 0 Å². The molecule has 1 unspecified atom stereocenters. The molecule has 0 heterocycles. The van der Waals surface area contributed by atoms with Gasteiger partial charge < -0.3 is 9.84 Å². The Bertz CT molecular complexity index is 345. The molecule has 1 aromatic rings. The molecular weight excluding hydrogens is 244 g/mol. The van der Waals surface area contributed by atoms with Crippen molar-refractivity contribution in [3.05, 3.63) is 29.8 Å². The highest BCUT2D eigenvalue weighted by Crippen LogP contribution is 2.17. The number of carboxylic acids is 1. The van der Waals surface area contributed by atoms with E-state index >= 15 is 0 Å². The average molecular weight is 259 g/mol. The Labute approximate surface area is 99.6 Å². The fourth-order valence-corrected chi connectivity index (χ4v) is 0.981. The van der Waals surface area contributed by atoms with Gasteiger partial charge in [0.25, 0.3) is 0 Å². The molecular formula is C10H15NO3P2. The number of nitrogens with zero attached hydrogens (tertiary/aromatic N) is 1. The summed E-state index contributed by atoms with van der Waals surface area (Å²) in [5, 5.41) is 8.78. The zero-order valence-electron chi connectivity index (χ0n) is 9.01. The summed E-state index contributed by atoms with van der Waals surface area (Å²) in [6.07, 6.45) is 0.869. The summed E-state index contributed by atoms with van der Waals surface area (Å²) in [4.78, 5) is 10.7. The first kappa shape index (κ1) is 15.0. The maximum Gasteiger partial charge on any atom is 0.339 e. The van der Waals surface area contributed by atoms with E-state index in [0.29, 0.717) is 12.4 Å². The fraction of sp³-hybridized carbons (Fsp3) is 0.300. The first-order valence-corrected chi connectivity index (χ1v) is 5.65. The predicted molar refractivity (Wildman–Crippen MR) is 69.6 cm³/mol. The van der Waals surface area contributed by atoms with Crippen LogP contribution in [-0.4, -0.2) is 17.7 Å². The van der Waals surface area contributed by atoms with Crippen LogP contribution >= 0.6 is 18.4 Å². The van der Waals surface area contributed by atoms with Gasteiger partial charge in [-0.2, -0.15) is 0 Å². The van der Waals surface area contributed by atoms with Gasteiger partial charge in [0, 0.05) is 0 Å². The molecule has 0 amide bonds. The number of carbonyl (C=O) groups is 1. The van der Waals surface area contributed by atoms with E-state index in [1.165, 1.54) is 6.07 Å². The quantitative estimate of drug-likeness (QED) is 0.844. The van der Waals surface area contributed by atoms with E-state index in [2.05, 4.69) is 22.9 Å². The number of aromatic carboxylic acids is 1.